The lowest BCUT2D eigenvalue weighted by Crippen LogP contribution is -2.29. The zero-order chi connectivity index (χ0) is 15.6. The van der Waals surface area contributed by atoms with Gasteiger partial charge in [-0.3, -0.25) is 9.59 Å². The van der Waals surface area contributed by atoms with Gasteiger partial charge in [0.1, 0.15) is 0 Å². The number of hydrogen-bond acceptors (Lipinski definition) is 4. The van der Waals surface area contributed by atoms with Crippen molar-refractivity contribution >= 4 is 11.9 Å². The number of carboxylic acids is 1. The number of benzene rings is 1. The van der Waals surface area contributed by atoms with Crippen LogP contribution in [0.4, 0.5) is 0 Å². The average molecular weight is 293 g/mol. The molecule has 1 aliphatic rings. The van der Waals surface area contributed by atoms with E-state index in [4.69, 9.17) is 14.6 Å². The summed E-state index contributed by atoms with van der Waals surface area (Å²) >= 11 is 0. The van der Waals surface area contributed by atoms with Crippen LogP contribution in [-0.2, 0) is 9.59 Å². The van der Waals surface area contributed by atoms with Gasteiger partial charge in [0, 0.05) is 13.0 Å². The Balaban J connectivity index is 2.22. The molecule has 1 fully saturated rings. The predicted octanol–water partition coefficient (Wildman–Crippen LogP) is 1.70. The Morgan fingerprint density at radius 3 is 2.52 bits per heavy atom. The highest BCUT2D eigenvalue weighted by molar-refractivity contribution is 5.86. The number of hydrogen-bond donors (Lipinski definition) is 1. The molecule has 1 heterocycles. The summed E-state index contributed by atoms with van der Waals surface area (Å²) in [4.78, 5) is 24.6. The fourth-order valence-corrected chi connectivity index (χ4v) is 2.56. The Bertz CT molecular complexity index is 557. The first-order valence-corrected chi connectivity index (χ1v) is 6.72. The highest BCUT2D eigenvalue weighted by Crippen LogP contribution is 2.34. The molecule has 0 spiro atoms. The van der Waals surface area contributed by atoms with E-state index in [0.29, 0.717) is 11.5 Å². The Labute approximate surface area is 123 Å². The van der Waals surface area contributed by atoms with Crippen LogP contribution >= 0.6 is 0 Å². The SMILES string of the molecule is COc1ccc([C@@H](C)N2C[C@@H](C(=O)O)CC2=O)cc1OC. The summed E-state index contributed by atoms with van der Waals surface area (Å²) in [6.07, 6.45) is 0.0625. The van der Waals surface area contributed by atoms with Crippen molar-refractivity contribution in [2.24, 2.45) is 5.92 Å². The van der Waals surface area contributed by atoms with Gasteiger partial charge in [-0.05, 0) is 24.6 Å². The molecule has 0 aliphatic carbocycles. The van der Waals surface area contributed by atoms with Gasteiger partial charge in [0.25, 0.3) is 0 Å². The van der Waals surface area contributed by atoms with Crippen molar-refractivity contribution in [3.63, 3.8) is 0 Å². The number of ether oxygens (including phenoxy) is 2. The fraction of sp³-hybridized carbons (Fsp3) is 0.467. The highest BCUT2D eigenvalue weighted by atomic mass is 16.5. The number of methoxy groups -OCH3 is 2. The molecule has 21 heavy (non-hydrogen) atoms. The minimum absolute atomic E-state index is 0.0625. The summed E-state index contributed by atoms with van der Waals surface area (Å²) in [7, 11) is 3.11. The monoisotopic (exact) mass is 293 g/mol. The first kappa shape index (κ1) is 15.2. The molecule has 1 saturated heterocycles. The molecular weight excluding hydrogens is 274 g/mol. The van der Waals surface area contributed by atoms with Crippen LogP contribution in [-0.4, -0.2) is 42.6 Å². The van der Waals surface area contributed by atoms with E-state index in [9.17, 15) is 9.59 Å². The standard InChI is InChI=1S/C15H19NO5/c1-9(16-8-11(15(18)19)7-14(16)17)10-4-5-12(20-2)13(6-10)21-3/h4-6,9,11H,7-8H2,1-3H3,(H,18,19)/t9-,11+/m1/s1. The minimum atomic E-state index is -0.926. The highest BCUT2D eigenvalue weighted by Gasteiger charge is 2.37. The molecule has 114 valence electrons. The van der Waals surface area contributed by atoms with Crippen LogP contribution in [0.25, 0.3) is 0 Å². The zero-order valence-corrected chi connectivity index (χ0v) is 12.3. The smallest absolute Gasteiger partial charge is 0.308 e. The van der Waals surface area contributed by atoms with Gasteiger partial charge in [0.2, 0.25) is 5.91 Å². The molecule has 1 N–H and O–H groups in total. The van der Waals surface area contributed by atoms with E-state index in [-0.39, 0.29) is 24.9 Å². The van der Waals surface area contributed by atoms with E-state index in [1.165, 1.54) is 0 Å². The number of amides is 1. The van der Waals surface area contributed by atoms with E-state index < -0.39 is 11.9 Å². The molecule has 1 aliphatic heterocycles. The number of carbonyl (C=O) groups excluding carboxylic acids is 1. The summed E-state index contributed by atoms with van der Waals surface area (Å²) in [6, 6.07) is 5.24. The maximum absolute atomic E-state index is 12.0. The fourth-order valence-electron chi connectivity index (χ4n) is 2.56. The van der Waals surface area contributed by atoms with Crippen molar-refractivity contribution in [3.8, 4) is 11.5 Å². The van der Waals surface area contributed by atoms with Gasteiger partial charge in [-0.15, -0.1) is 0 Å². The third-order valence-electron chi connectivity index (χ3n) is 3.87. The van der Waals surface area contributed by atoms with E-state index >= 15 is 0 Å². The molecule has 0 radical (unpaired) electrons. The first-order chi connectivity index (χ1) is 9.97. The third kappa shape index (κ3) is 2.94. The normalized spacial score (nSPS) is 19.5. The summed E-state index contributed by atoms with van der Waals surface area (Å²) in [6.45, 7) is 2.12. The molecule has 6 nitrogen and oxygen atoms in total. The van der Waals surface area contributed by atoms with Gasteiger partial charge >= 0.3 is 5.97 Å². The van der Waals surface area contributed by atoms with Crippen molar-refractivity contribution in [1.82, 2.24) is 4.90 Å². The molecule has 0 saturated carbocycles. The zero-order valence-electron chi connectivity index (χ0n) is 12.3. The van der Waals surface area contributed by atoms with Gasteiger partial charge in [-0.1, -0.05) is 6.07 Å². The number of nitrogens with zero attached hydrogens (tertiary/aromatic N) is 1. The molecule has 6 heteroatoms. The molecule has 0 unspecified atom stereocenters. The predicted molar refractivity (Wildman–Crippen MR) is 75.4 cm³/mol. The average Bonchev–Trinajstić information content (AvgIpc) is 2.88. The quantitative estimate of drug-likeness (QED) is 0.894. The van der Waals surface area contributed by atoms with Gasteiger partial charge in [0.05, 0.1) is 26.2 Å². The van der Waals surface area contributed by atoms with Crippen molar-refractivity contribution < 1.29 is 24.2 Å². The summed E-state index contributed by atoms with van der Waals surface area (Å²) < 4.78 is 10.4. The number of aliphatic carboxylic acids is 1. The maximum Gasteiger partial charge on any atom is 0.308 e. The molecule has 2 rings (SSSR count). The largest absolute Gasteiger partial charge is 0.493 e. The van der Waals surface area contributed by atoms with Crippen molar-refractivity contribution in [2.75, 3.05) is 20.8 Å². The van der Waals surface area contributed by atoms with Gasteiger partial charge < -0.3 is 19.5 Å². The van der Waals surface area contributed by atoms with Gasteiger partial charge in [0.15, 0.2) is 11.5 Å². The van der Waals surface area contributed by atoms with Crippen LogP contribution in [0.2, 0.25) is 0 Å². The minimum Gasteiger partial charge on any atom is -0.493 e. The number of likely N-dealkylation sites (tertiary alicyclic amines) is 1. The van der Waals surface area contributed by atoms with Crippen LogP contribution < -0.4 is 9.47 Å². The lowest BCUT2D eigenvalue weighted by molar-refractivity contribution is -0.141. The van der Waals surface area contributed by atoms with Crippen molar-refractivity contribution in [1.29, 1.82) is 0 Å². The molecule has 1 aromatic carbocycles. The van der Waals surface area contributed by atoms with E-state index in [1.54, 1.807) is 25.2 Å². The van der Waals surface area contributed by atoms with Crippen LogP contribution in [0, 0.1) is 5.92 Å². The number of carboxylic acid groups (broad SMARTS) is 1. The Morgan fingerprint density at radius 1 is 1.33 bits per heavy atom. The Kier molecular flexibility index (Phi) is 4.35. The van der Waals surface area contributed by atoms with Gasteiger partial charge in [-0.2, -0.15) is 0 Å². The molecule has 0 aromatic heterocycles. The molecular formula is C15H19NO5. The number of carbonyl (C=O) groups is 2. The van der Waals surface area contributed by atoms with E-state index in [2.05, 4.69) is 0 Å². The lowest BCUT2D eigenvalue weighted by Gasteiger charge is -2.25. The second kappa shape index (κ2) is 6.03. The summed E-state index contributed by atoms with van der Waals surface area (Å²) in [5.41, 5.74) is 0.882. The van der Waals surface area contributed by atoms with E-state index in [0.717, 1.165) is 5.56 Å². The second-order valence-electron chi connectivity index (χ2n) is 5.08. The van der Waals surface area contributed by atoms with Gasteiger partial charge in [-0.25, -0.2) is 0 Å². The molecule has 2 atom stereocenters. The lowest BCUT2D eigenvalue weighted by atomic mass is 10.1. The molecule has 1 aromatic rings. The maximum atomic E-state index is 12.0. The topological polar surface area (TPSA) is 76.1 Å². The van der Waals surface area contributed by atoms with Crippen molar-refractivity contribution in [3.05, 3.63) is 23.8 Å². The van der Waals surface area contributed by atoms with Crippen LogP contribution in [0.1, 0.15) is 24.9 Å². The van der Waals surface area contributed by atoms with Crippen LogP contribution in [0.5, 0.6) is 11.5 Å². The Morgan fingerprint density at radius 2 is 2.00 bits per heavy atom. The molecule has 1 amide bonds. The van der Waals surface area contributed by atoms with E-state index in [1.807, 2.05) is 19.1 Å². The molecule has 0 bridgehead atoms. The van der Waals surface area contributed by atoms with Crippen LogP contribution in [0.3, 0.4) is 0 Å². The van der Waals surface area contributed by atoms with Crippen molar-refractivity contribution in [2.45, 2.75) is 19.4 Å². The second-order valence-corrected chi connectivity index (χ2v) is 5.08. The Hall–Kier alpha value is -2.24. The first-order valence-electron chi connectivity index (χ1n) is 6.72. The van der Waals surface area contributed by atoms with Crippen LogP contribution in [0.15, 0.2) is 18.2 Å². The summed E-state index contributed by atoms with van der Waals surface area (Å²) in [5.74, 6) is -0.483. The summed E-state index contributed by atoms with van der Waals surface area (Å²) in [5, 5.41) is 9.04. The third-order valence-corrected chi connectivity index (χ3v) is 3.87. The number of rotatable bonds is 5.